The molecule has 36 heavy (non-hydrogen) atoms. The first-order chi connectivity index (χ1) is 17.3. The van der Waals surface area contributed by atoms with E-state index in [-0.39, 0.29) is 35.3 Å². The van der Waals surface area contributed by atoms with Gasteiger partial charge in [-0.15, -0.1) is 0 Å². The smallest absolute Gasteiger partial charge is 0.267 e. The van der Waals surface area contributed by atoms with Gasteiger partial charge in [0.15, 0.2) is 0 Å². The Balaban J connectivity index is 1.43. The van der Waals surface area contributed by atoms with E-state index in [0.717, 1.165) is 17.3 Å². The number of carbonyl (C=O) groups is 3. The number of hydrogen-bond donors (Lipinski definition) is 1. The summed E-state index contributed by atoms with van der Waals surface area (Å²) in [5, 5.41) is 2.85. The van der Waals surface area contributed by atoms with Gasteiger partial charge in [-0.25, -0.2) is 4.39 Å². The van der Waals surface area contributed by atoms with E-state index in [2.05, 4.69) is 5.32 Å². The van der Waals surface area contributed by atoms with Gasteiger partial charge >= 0.3 is 0 Å². The summed E-state index contributed by atoms with van der Waals surface area (Å²) in [6.07, 6.45) is 0. The molecule has 6 nitrogen and oxygen atoms in total. The Labute approximate surface area is 216 Å². The molecule has 3 aromatic carbocycles. The number of nitrogens with zero attached hydrogens (tertiary/aromatic N) is 2. The number of halogens is 1. The first-order valence-corrected chi connectivity index (χ1v) is 12.3. The molecule has 1 N–H and O–H groups in total. The molecule has 1 fully saturated rings. The van der Waals surface area contributed by atoms with Crippen molar-refractivity contribution in [1.82, 2.24) is 4.90 Å². The fraction of sp³-hybridized carbons (Fsp3) is 0.111. The Kier molecular flexibility index (Phi) is 6.42. The van der Waals surface area contributed by atoms with Crippen LogP contribution in [0.1, 0.15) is 16.7 Å². The fourth-order valence-electron chi connectivity index (χ4n) is 4.16. The van der Waals surface area contributed by atoms with Crippen LogP contribution in [0.5, 0.6) is 0 Å². The van der Waals surface area contributed by atoms with Crippen molar-refractivity contribution in [2.75, 3.05) is 16.8 Å². The van der Waals surface area contributed by atoms with E-state index in [1.54, 1.807) is 42.5 Å². The van der Waals surface area contributed by atoms with Crippen molar-refractivity contribution < 1.29 is 18.8 Å². The van der Waals surface area contributed by atoms with Crippen LogP contribution in [0.15, 0.2) is 77.7 Å². The van der Waals surface area contributed by atoms with Crippen molar-refractivity contribution in [2.45, 2.75) is 13.5 Å². The minimum atomic E-state index is -0.432. The quantitative estimate of drug-likeness (QED) is 0.386. The number of benzene rings is 3. The van der Waals surface area contributed by atoms with Crippen LogP contribution in [0.3, 0.4) is 0 Å². The summed E-state index contributed by atoms with van der Waals surface area (Å²) in [6.45, 7) is 1.85. The summed E-state index contributed by atoms with van der Waals surface area (Å²) in [7, 11) is 0. The molecular weight excluding hydrogens is 497 g/mol. The Morgan fingerprint density at radius 1 is 0.944 bits per heavy atom. The number of hydrogen-bond acceptors (Lipinski definition) is 5. The molecule has 5 rings (SSSR count). The normalized spacial score (nSPS) is 17.1. The second-order valence-corrected chi connectivity index (χ2v) is 10.0. The number of amides is 3. The van der Waals surface area contributed by atoms with Gasteiger partial charge in [0.2, 0.25) is 5.91 Å². The molecule has 0 saturated carbocycles. The molecule has 3 amide bonds. The van der Waals surface area contributed by atoms with E-state index >= 15 is 0 Å². The third-order valence-corrected chi connectivity index (χ3v) is 7.42. The molecular formula is C27H20FN3O3S2. The molecule has 2 heterocycles. The van der Waals surface area contributed by atoms with Crippen molar-refractivity contribution in [1.29, 1.82) is 0 Å². The maximum atomic E-state index is 13.6. The number of fused-ring (bicyclic) bond motifs is 1. The van der Waals surface area contributed by atoms with Gasteiger partial charge < -0.3 is 5.32 Å². The van der Waals surface area contributed by atoms with Gasteiger partial charge in [-0.2, -0.15) is 0 Å². The van der Waals surface area contributed by atoms with Crippen LogP contribution in [-0.4, -0.2) is 33.5 Å². The van der Waals surface area contributed by atoms with E-state index in [4.69, 9.17) is 12.2 Å². The van der Waals surface area contributed by atoms with Crippen molar-refractivity contribution in [3.05, 3.63) is 100 Å². The molecule has 2 aliphatic heterocycles. The first kappa shape index (κ1) is 23.9. The molecule has 0 atom stereocenters. The minimum absolute atomic E-state index is 0.167. The summed E-state index contributed by atoms with van der Waals surface area (Å²) in [5.74, 6) is -1.54. The van der Waals surface area contributed by atoms with Gasteiger partial charge in [-0.05, 0) is 42.3 Å². The monoisotopic (exact) mass is 517 g/mol. The molecule has 0 unspecified atom stereocenters. The zero-order valence-electron chi connectivity index (χ0n) is 19.2. The maximum absolute atomic E-state index is 13.6. The van der Waals surface area contributed by atoms with E-state index in [0.29, 0.717) is 26.8 Å². The van der Waals surface area contributed by atoms with E-state index in [1.165, 1.54) is 21.9 Å². The van der Waals surface area contributed by atoms with E-state index in [1.807, 2.05) is 25.1 Å². The SMILES string of the molecule is Cc1ccccc1NC(=O)CN1C(=O)/C(=C2\SC(=S)N(Cc3ccc(F)cc3)C2=O)c2ccccc21. The Morgan fingerprint density at radius 2 is 1.64 bits per heavy atom. The van der Waals surface area contributed by atoms with Crippen LogP contribution >= 0.6 is 24.0 Å². The second kappa shape index (κ2) is 9.67. The Bertz CT molecular complexity index is 1450. The summed E-state index contributed by atoms with van der Waals surface area (Å²) in [5.41, 5.74) is 3.66. The van der Waals surface area contributed by atoms with Crippen LogP contribution < -0.4 is 10.2 Å². The largest absolute Gasteiger partial charge is 0.324 e. The number of anilines is 2. The highest BCUT2D eigenvalue weighted by Gasteiger charge is 2.42. The lowest BCUT2D eigenvalue weighted by molar-refractivity contribution is -0.122. The number of thioether (sulfide) groups is 1. The predicted molar refractivity (Wildman–Crippen MR) is 143 cm³/mol. The molecule has 2 aliphatic rings. The zero-order chi connectivity index (χ0) is 25.4. The third kappa shape index (κ3) is 4.43. The Morgan fingerprint density at radius 3 is 2.39 bits per heavy atom. The molecule has 0 radical (unpaired) electrons. The average molecular weight is 518 g/mol. The lowest BCUT2D eigenvalue weighted by Crippen LogP contribution is -2.35. The highest BCUT2D eigenvalue weighted by Crippen LogP contribution is 2.44. The minimum Gasteiger partial charge on any atom is -0.324 e. The maximum Gasteiger partial charge on any atom is 0.267 e. The summed E-state index contributed by atoms with van der Waals surface area (Å²) >= 11 is 6.51. The number of nitrogens with one attached hydrogen (secondary N) is 1. The van der Waals surface area contributed by atoms with Gasteiger partial charge in [-0.3, -0.25) is 24.2 Å². The summed E-state index contributed by atoms with van der Waals surface area (Å²) in [6, 6.07) is 20.3. The molecule has 1 saturated heterocycles. The zero-order valence-corrected chi connectivity index (χ0v) is 20.8. The van der Waals surface area contributed by atoms with Gasteiger partial charge in [-0.1, -0.05) is 72.5 Å². The van der Waals surface area contributed by atoms with Crippen molar-refractivity contribution in [3.8, 4) is 0 Å². The number of rotatable bonds is 5. The molecule has 0 spiro atoms. The highest BCUT2D eigenvalue weighted by atomic mass is 32.2. The molecule has 0 bridgehead atoms. The fourth-order valence-corrected chi connectivity index (χ4v) is 5.49. The number of carbonyl (C=O) groups excluding carboxylic acids is 3. The van der Waals surface area contributed by atoms with Crippen LogP contribution in [0.25, 0.3) is 5.57 Å². The lowest BCUT2D eigenvalue weighted by Gasteiger charge is -2.17. The van der Waals surface area contributed by atoms with E-state index in [9.17, 15) is 18.8 Å². The second-order valence-electron chi connectivity index (χ2n) is 8.36. The highest BCUT2D eigenvalue weighted by molar-refractivity contribution is 8.26. The first-order valence-electron chi connectivity index (χ1n) is 11.1. The van der Waals surface area contributed by atoms with Crippen molar-refractivity contribution in [3.63, 3.8) is 0 Å². The van der Waals surface area contributed by atoms with Gasteiger partial charge in [0.05, 0.1) is 22.7 Å². The topological polar surface area (TPSA) is 69.7 Å². The van der Waals surface area contributed by atoms with Crippen LogP contribution in [0, 0.1) is 12.7 Å². The molecule has 0 aromatic heterocycles. The molecule has 9 heteroatoms. The summed E-state index contributed by atoms with van der Waals surface area (Å²) < 4.78 is 13.6. The third-order valence-electron chi connectivity index (χ3n) is 5.97. The molecule has 3 aromatic rings. The van der Waals surface area contributed by atoms with Gasteiger partial charge in [0.25, 0.3) is 11.8 Å². The van der Waals surface area contributed by atoms with Crippen LogP contribution in [0.4, 0.5) is 15.8 Å². The van der Waals surface area contributed by atoms with Gasteiger partial charge in [0.1, 0.15) is 16.7 Å². The van der Waals surface area contributed by atoms with Crippen LogP contribution in [-0.2, 0) is 20.9 Å². The lowest BCUT2D eigenvalue weighted by atomic mass is 10.1. The predicted octanol–water partition coefficient (Wildman–Crippen LogP) is 4.89. The number of thiocarbonyl (C=S) groups is 1. The Hall–Kier alpha value is -3.82. The average Bonchev–Trinajstić information content (AvgIpc) is 3.29. The standard InChI is InChI=1S/C27H20FN3O3S2/c1-16-6-2-4-8-20(16)29-22(32)15-30-21-9-5-3-7-19(21)23(25(30)33)24-26(34)31(27(35)36-24)14-17-10-12-18(28)13-11-17/h2-13H,14-15H2,1H3,(H,29,32)/b24-23-. The molecule has 0 aliphatic carbocycles. The van der Waals surface area contributed by atoms with Crippen molar-refractivity contribution in [2.24, 2.45) is 0 Å². The summed E-state index contributed by atoms with van der Waals surface area (Å²) in [4.78, 5) is 42.8. The van der Waals surface area contributed by atoms with Crippen molar-refractivity contribution >= 4 is 63.0 Å². The van der Waals surface area contributed by atoms with E-state index < -0.39 is 11.8 Å². The van der Waals surface area contributed by atoms with Gasteiger partial charge in [0, 0.05) is 11.3 Å². The number of para-hydroxylation sites is 2. The number of aryl methyl sites for hydroxylation is 1. The molecule has 180 valence electrons. The van der Waals surface area contributed by atoms with Crippen LogP contribution in [0.2, 0.25) is 0 Å².